The lowest BCUT2D eigenvalue weighted by molar-refractivity contribution is -0.0499. The maximum atomic E-state index is 12.5. The van der Waals surface area contributed by atoms with Crippen LogP contribution in [-0.2, 0) is 10.1 Å². The minimum Gasteiger partial charge on any atom is -0.375 e. The number of alkyl halides is 3. The van der Waals surface area contributed by atoms with E-state index in [2.05, 4.69) is 4.18 Å². The topological polar surface area (TPSA) is 43.4 Å². The second kappa shape index (κ2) is 5.42. The van der Waals surface area contributed by atoms with Crippen molar-refractivity contribution in [2.75, 3.05) is 6.26 Å². The molecule has 114 valence electrons. The Labute approximate surface area is 124 Å². The van der Waals surface area contributed by atoms with Crippen LogP contribution in [0.1, 0.15) is 5.56 Å². The summed E-state index contributed by atoms with van der Waals surface area (Å²) >= 11 is 1.30. The number of aryl methyl sites for hydroxylation is 1. The van der Waals surface area contributed by atoms with E-state index in [0.717, 1.165) is 0 Å². The van der Waals surface area contributed by atoms with Gasteiger partial charge in [-0.1, -0.05) is 18.2 Å². The van der Waals surface area contributed by atoms with Crippen LogP contribution >= 0.6 is 11.8 Å². The second-order valence-electron chi connectivity index (χ2n) is 4.30. The predicted molar refractivity (Wildman–Crippen MR) is 76.1 cm³/mol. The monoisotopic (exact) mass is 336 g/mol. The molecule has 0 fully saturated rings. The quantitative estimate of drug-likeness (QED) is 0.481. The first-order valence-electron chi connectivity index (χ1n) is 5.74. The normalized spacial score (nSPS) is 12.6. The van der Waals surface area contributed by atoms with Crippen molar-refractivity contribution in [3.05, 3.63) is 35.9 Å². The minimum atomic E-state index is -5.69. The molecule has 0 heterocycles. The van der Waals surface area contributed by atoms with Crippen molar-refractivity contribution in [2.45, 2.75) is 17.3 Å². The first-order chi connectivity index (χ1) is 9.65. The number of thioether (sulfide) groups is 1. The van der Waals surface area contributed by atoms with Gasteiger partial charge in [-0.05, 0) is 36.3 Å². The molecule has 21 heavy (non-hydrogen) atoms. The second-order valence-corrected chi connectivity index (χ2v) is 6.69. The van der Waals surface area contributed by atoms with E-state index in [1.54, 1.807) is 37.4 Å². The van der Waals surface area contributed by atoms with Crippen LogP contribution in [0.2, 0.25) is 0 Å². The maximum absolute atomic E-state index is 12.5. The molecule has 0 aromatic heterocycles. The van der Waals surface area contributed by atoms with E-state index in [9.17, 15) is 21.6 Å². The Morgan fingerprint density at radius 2 is 1.86 bits per heavy atom. The Hall–Kier alpha value is -1.41. The predicted octanol–water partition coefficient (Wildman–Crippen LogP) is 4.10. The Morgan fingerprint density at radius 3 is 2.43 bits per heavy atom. The van der Waals surface area contributed by atoms with Gasteiger partial charge < -0.3 is 4.18 Å². The van der Waals surface area contributed by atoms with Gasteiger partial charge in [0.25, 0.3) is 0 Å². The van der Waals surface area contributed by atoms with Gasteiger partial charge in [-0.15, -0.1) is 11.8 Å². The molecule has 3 nitrogen and oxygen atoms in total. The van der Waals surface area contributed by atoms with Gasteiger partial charge in [-0.25, -0.2) is 0 Å². The Morgan fingerprint density at radius 1 is 1.19 bits per heavy atom. The van der Waals surface area contributed by atoms with Gasteiger partial charge in [0.2, 0.25) is 0 Å². The molecule has 0 saturated carbocycles. The van der Waals surface area contributed by atoms with Crippen LogP contribution in [0.5, 0.6) is 5.75 Å². The molecule has 8 heteroatoms. The van der Waals surface area contributed by atoms with E-state index in [1.165, 1.54) is 17.8 Å². The van der Waals surface area contributed by atoms with Gasteiger partial charge in [-0.3, -0.25) is 0 Å². The van der Waals surface area contributed by atoms with Gasteiger partial charge in [-0.2, -0.15) is 21.6 Å². The fraction of sp³-hybridized carbons (Fsp3) is 0.231. The van der Waals surface area contributed by atoms with E-state index in [0.29, 0.717) is 21.2 Å². The first kappa shape index (κ1) is 16.0. The van der Waals surface area contributed by atoms with Crippen LogP contribution in [-0.4, -0.2) is 20.2 Å². The van der Waals surface area contributed by atoms with Crippen LogP contribution in [0.15, 0.2) is 35.2 Å². The number of rotatable bonds is 3. The van der Waals surface area contributed by atoms with Crippen LogP contribution in [0, 0.1) is 6.92 Å². The summed E-state index contributed by atoms with van der Waals surface area (Å²) in [6, 6.07) is 8.16. The van der Waals surface area contributed by atoms with Crippen LogP contribution in [0.25, 0.3) is 10.8 Å². The average Bonchev–Trinajstić information content (AvgIpc) is 2.35. The molecule has 0 aliphatic heterocycles. The van der Waals surface area contributed by atoms with Crippen molar-refractivity contribution in [3.63, 3.8) is 0 Å². The SMILES string of the molecule is CSc1cccc2cc(C)cc(OS(=O)(=O)C(F)(F)F)c12. The summed E-state index contributed by atoms with van der Waals surface area (Å²) in [7, 11) is -5.69. The molecule has 0 radical (unpaired) electrons. The zero-order valence-corrected chi connectivity index (χ0v) is 12.7. The lowest BCUT2D eigenvalue weighted by Gasteiger charge is -2.14. The summed E-state index contributed by atoms with van der Waals surface area (Å²) in [6.45, 7) is 1.65. The Balaban J connectivity index is 2.69. The summed E-state index contributed by atoms with van der Waals surface area (Å²) in [4.78, 5) is 0.639. The molecule has 2 rings (SSSR count). The first-order valence-corrected chi connectivity index (χ1v) is 8.37. The summed E-state index contributed by atoms with van der Waals surface area (Å²) in [5, 5.41) is 0.970. The number of benzene rings is 2. The van der Waals surface area contributed by atoms with E-state index in [4.69, 9.17) is 0 Å². The third kappa shape index (κ3) is 3.11. The van der Waals surface area contributed by atoms with E-state index < -0.39 is 15.6 Å². The van der Waals surface area contributed by atoms with Crippen molar-refractivity contribution in [3.8, 4) is 5.75 Å². The fourth-order valence-corrected chi connectivity index (χ4v) is 3.00. The summed E-state index contributed by atoms with van der Waals surface area (Å²) < 4.78 is 64.2. The molecule has 0 aliphatic carbocycles. The van der Waals surface area contributed by atoms with Gasteiger partial charge in [0.1, 0.15) is 0 Å². The van der Waals surface area contributed by atoms with Gasteiger partial charge in [0.15, 0.2) is 5.75 Å². The van der Waals surface area contributed by atoms with E-state index in [1.807, 2.05) is 0 Å². The molecule has 0 unspecified atom stereocenters. The molecule has 0 bridgehead atoms. The van der Waals surface area contributed by atoms with Gasteiger partial charge >= 0.3 is 15.6 Å². The molecular weight excluding hydrogens is 325 g/mol. The standard InChI is InChI=1S/C13H11F3O3S2/c1-8-6-9-4-3-5-11(20-2)12(9)10(7-8)19-21(17,18)13(14,15)16/h3-7H,1-2H3. The highest BCUT2D eigenvalue weighted by atomic mass is 32.2. The molecule has 0 N–H and O–H groups in total. The van der Waals surface area contributed by atoms with Crippen molar-refractivity contribution < 1.29 is 25.8 Å². The van der Waals surface area contributed by atoms with Crippen molar-refractivity contribution in [2.24, 2.45) is 0 Å². The minimum absolute atomic E-state index is 0.313. The average molecular weight is 336 g/mol. The summed E-state index contributed by atoms with van der Waals surface area (Å²) in [5.41, 5.74) is -4.86. The largest absolute Gasteiger partial charge is 0.534 e. The van der Waals surface area contributed by atoms with Gasteiger partial charge in [0, 0.05) is 10.3 Å². The van der Waals surface area contributed by atoms with Crippen LogP contribution in [0.4, 0.5) is 13.2 Å². The number of hydrogen-bond acceptors (Lipinski definition) is 4. The lowest BCUT2D eigenvalue weighted by Crippen LogP contribution is -2.28. The molecule has 0 spiro atoms. The number of hydrogen-bond donors (Lipinski definition) is 0. The highest BCUT2D eigenvalue weighted by Gasteiger charge is 2.48. The van der Waals surface area contributed by atoms with Crippen LogP contribution < -0.4 is 4.18 Å². The van der Waals surface area contributed by atoms with Crippen LogP contribution in [0.3, 0.4) is 0 Å². The van der Waals surface area contributed by atoms with Crippen molar-refractivity contribution in [1.82, 2.24) is 0 Å². The highest BCUT2D eigenvalue weighted by Crippen LogP contribution is 2.37. The van der Waals surface area contributed by atoms with E-state index >= 15 is 0 Å². The molecule has 0 atom stereocenters. The third-order valence-corrected chi connectivity index (χ3v) is 4.50. The van der Waals surface area contributed by atoms with Crippen molar-refractivity contribution >= 4 is 32.7 Å². The molecular formula is C13H11F3O3S2. The fourth-order valence-electron chi connectivity index (χ4n) is 1.90. The molecule has 2 aromatic rings. The third-order valence-electron chi connectivity index (χ3n) is 2.75. The molecule has 0 amide bonds. The Kier molecular flexibility index (Phi) is 4.12. The molecule has 0 aliphatic rings. The summed E-state index contributed by atoms with van der Waals surface area (Å²) in [6.07, 6.45) is 1.75. The smallest absolute Gasteiger partial charge is 0.375 e. The van der Waals surface area contributed by atoms with E-state index in [-0.39, 0.29) is 5.75 Å². The molecule has 2 aromatic carbocycles. The maximum Gasteiger partial charge on any atom is 0.534 e. The zero-order valence-electron chi connectivity index (χ0n) is 11.1. The van der Waals surface area contributed by atoms with Crippen molar-refractivity contribution in [1.29, 1.82) is 0 Å². The highest BCUT2D eigenvalue weighted by molar-refractivity contribution is 7.98. The zero-order chi connectivity index (χ0) is 15.8. The number of fused-ring (bicyclic) bond motifs is 1. The summed E-state index contributed by atoms with van der Waals surface area (Å²) in [5.74, 6) is -0.313. The van der Waals surface area contributed by atoms with Gasteiger partial charge in [0.05, 0.1) is 0 Å². The lowest BCUT2D eigenvalue weighted by atomic mass is 10.1. The Bertz CT molecular complexity index is 783. The molecule has 0 saturated heterocycles. The number of halogens is 3.